The Bertz CT molecular complexity index is 513. The van der Waals surface area contributed by atoms with Crippen molar-refractivity contribution in [2.45, 2.75) is 25.8 Å². The minimum absolute atomic E-state index is 0.0470. The molecule has 1 N–H and O–H groups in total. The number of hydrogen-bond acceptors (Lipinski definition) is 3. The van der Waals surface area contributed by atoms with Crippen LogP contribution in [-0.4, -0.2) is 42.5 Å². The van der Waals surface area contributed by atoms with E-state index in [0.717, 1.165) is 12.8 Å². The van der Waals surface area contributed by atoms with E-state index < -0.39 is 5.82 Å². The third-order valence-corrected chi connectivity index (χ3v) is 3.41. The van der Waals surface area contributed by atoms with Gasteiger partial charge in [0.1, 0.15) is 11.6 Å². The lowest BCUT2D eigenvalue weighted by atomic mass is 10.1. The van der Waals surface area contributed by atoms with Gasteiger partial charge in [0.15, 0.2) is 6.61 Å². The minimum Gasteiger partial charge on any atom is -0.484 e. The van der Waals surface area contributed by atoms with E-state index in [1.807, 2.05) is 0 Å². The average molecular weight is 294 g/mol. The molecular weight excluding hydrogens is 275 g/mol. The molecule has 5 nitrogen and oxygen atoms in total. The molecule has 1 aliphatic rings. The highest BCUT2D eigenvalue weighted by atomic mass is 19.1. The lowest BCUT2D eigenvalue weighted by Crippen LogP contribution is -2.47. The fourth-order valence-corrected chi connectivity index (χ4v) is 2.35. The summed E-state index contributed by atoms with van der Waals surface area (Å²) in [5.74, 6) is -0.220. The van der Waals surface area contributed by atoms with E-state index in [-0.39, 0.29) is 24.5 Å². The molecule has 1 aliphatic heterocycles. The number of rotatable bonds is 4. The number of amides is 2. The number of carbonyl (C=O) groups is 2. The summed E-state index contributed by atoms with van der Waals surface area (Å²) in [4.78, 5) is 24.7. The summed E-state index contributed by atoms with van der Waals surface area (Å²) in [5.41, 5.74) is 0. The predicted molar refractivity (Wildman–Crippen MR) is 75.3 cm³/mol. The molecule has 0 spiro atoms. The molecule has 114 valence electrons. The highest BCUT2D eigenvalue weighted by Gasteiger charge is 2.23. The highest BCUT2D eigenvalue weighted by Crippen LogP contribution is 2.14. The van der Waals surface area contributed by atoms with E-state index in [9.17, 15) is 14.0 Å². The van der Waals surface area contributed by atoms with Gasteiger partial charge >= 0.3 is 0 Å². The zero-order chi connectivity index (χ0) is 15.2. The third kappa shape index (κ3) is 4.73. The summed E-state index contributed by atoms with van der Waals surface area (Å²) >= 11 is 0. The number of piperidine rings is 1. The van der Waals surface area contributed by atoms with Gasteiger partial charge < -0.3 is 15.0 Å². The maximum atomic E-state index is 13.0. The maximum absolute atomic E-state index is 13.0. The van der Waals surface area contributed by atoms with Gasteiger partial charge in [0.25, 0.3) is 5.91 Å². The fraction of sp³-hybridized carbons (Fsp3) is 0.467. The molecule has 2 rings (SSSR count). The van der Waals surface area contributed by atoms with Gasteiger partial charge in [0.05, 0.1) is 0 Å². The van der Waals surface area contributed by atoms with Gasteiger partial charge in [0.2, 0.25) is 5.91 Å². The second-order valence-electron chi connectivity index (χ2n) is 5.10. The summed E-state index contributed by atoms with van der Waals surface area (Å²) in [6.45, 7) is 2.57. The summed E-state index contributed by atoms with van der Waals surface area (Å²) in [5, 5.41) is 2.86. The van der Waals surface area contributed by atoms with E-state index in [0.29, 0.717) is 18.8 Å². The summed E-state index contributed by atoms with van der Waals surface area (Å²) < 4.78 is 18.3. The van der Waals surface area contributed by atoms with E-state index >= 15 is 0 Å². The molecule has 0 saturated carbocycles. The molecule has 1 fully saturated rings. The number of nitrogens with zero attached hydrogens (tertiary/aromatic N) is 1. The molecule has 1 saturated heterocycles. The van der Waals surface area contributed by atoms with Gasteiger partial charge in [-0.2, -0.15) is 0 Å². The van der Waals surface area contributed by atoms with Crippen LogP contribution in [0.15, 0.2) is 24.3 Å². The molecule has 21 heavy (non-hydrogen) atoms. The average Bonchev–Trinajstić information content (AvgIpc) is 2.45. The third-order valence-electron chi connectivity index (χ3n) is 3.41. The normalized spacial score (nSPS) is 15.6. The second-order valence-corrected chi connectivity index (χ2v) is 5.10. The Labute approximate surface area is 123 Å². The van der Waals surface area contributed by atoms with Crippen LogP contribution in [0.3, 0.4) is 0 Å². The summed E-state index contributed by atoms with van der Waals surface area (Å²) in [6, 6.07) is 5.85. The second kappa shape index (κ2) is 7.06. The molecule has 0 aromatic heterocycles. The van der Waals surface area contributed by atoms with Crippen molar-refractivity contribution in [3.05, 3.63) is 30.1 Å². The van der Waals surface area contributed by atoms with E-state index in [2.05, 4.69) is 5.32 Å². The summed E-state index contributed by atoms with van der Waals surface area (Å²) in [7, 11) is 0. The Morgan fingerprint density at radius 2 is 2.10 bits per heavy atom. The highest BCUT2D eigenvalue weighted by molar-refractivity contribution is 5.78. The lowest BCUT2D eigenvalue weighted by molar-refractivity contribution is -0.134. The van der Waals surface area contributed by atoms with Crippen molar-refractivity contribution in [1.82, 2.24) is 10.2 Å². The van der Waals surface area contributed by atoms with Gasteiger partial charge in [-0.15, -0.1) is 0 Å². The first-order valence-corrected chi connectivity index (χ1v) is 6.98. The first-order valence-electron chi connectivity index (χ1n) is 6.98. The zero-order valence-corrected chi connectivity index (χ0v) is 12.0. The van der Waals surface area contributed by atoms with E-state index in [4.69, 9.17) is 4.74 Å². The number of likely N-dealkylation sites (tertiary alicyclic amines) is 1. The van der Waals surface area contributed by atoms with Crippen molar-refractivity contribution in [2.24, 2.45) is 0 Å². The van der Waals surface area contributed by atoms with Crippen LogP contribution in [0.4, 0.5) is 4.39 Å². The first kappa shape index (κ1) is 15.3. The smallest absolute Gasteiger partial charge is 0.260 e. The molecule has 1 heterocycles. The summed E-state index contributed by atoms with van der Waals surface area (Å²) in [6.07, 6.45) is 1.48. The standard InChI is InChI=1S/C15H19FN2O3/c1-11(19)17-13-5-7-18(8-6-13)15(20)10-21-14-4-2-3-12(16)9-14/h2-4,9,13H,5-8,10H2,1H3,(H,17,19). The SMILES string of the molecule is CC(=O)NC1CCN(C(=O)COc2cccc(F)c2)CC1. The minimum atomic E-state index is -0.393. The fourth-order valence-electron chi connectivity index (χ4n) is 2.35. The largest absolute Gasteiger partial charge is 0.484 e. The molecule has 0 atom stereocenters. The van der Waals surface area contributed by atoms with Crippen molar-refractivity contribution in [3.63, 3.8) is 0 Å². The Balaban J connectivity index is 1.76. The number of hydrogen-bond donors (Lipinski definition) is 1. The van der Waals surface area contributed by atoms with Gasteiger partial charge in [-0.3, -0.25) is 9.59 Å². The van der Waals surface area contributed by atoms with Crippen molar-refractivity contribution in [3.8, 4) is 5.75 Å². The molecule has 0 aliphatic carbocycles. The molecule has 2 amide bonds. The van der Waals surface area contributed by atoms with Crippen LogP contribution < -0.4 is 10.1 Å². The van der Waals surface area contributed by atoms with Crippen LogP contribution in [0.1, 0.15) is 19.8 Å². The monoisotopic (exact) mass is 294 g/mol. The molecule has 1 aromatic rings. The van der Waals surface area contributed by atoms with Crippen LogP contribution in [0.5, 0.6) is 5.75 Å². The van der Waals surface area contributed by atoms with Gasteiger partial charge in [0, 0.05) is 32.1 Å². The van der Waals surface area contributed by atoms with E-state index in [1.165, 1.54) is 25.1 Å². The van der Waals surface area contributed by atoms with Crippen LogP contribution in [0, 0.1) is 5.82 Å². The van der Waals surface area contributed by atoms with Gasteiger partial charge in [-0.05, 0) is 25.0 Å². The zero-order valence-electron chi connectivity index (χ0n) is 12.0. The number of carbonyl (C=O) groups excluding carboxylic acids is 2. The van der Waals surface area contributed by atoms with Crippen LogP contribution >= 0.6 is 0 Å². The first-order chi connectivity index (χ1) is 10.0. The van der Waals surface area contributed by atoms with Crippen LogP contribution in [0.2, 0.25) is 0 Å². The van der Waals surface area contributed by atoms with Crippen molar-refractivity contribution < 1.29 is 18.7 Å². The Hall–Kier alpha value is -2.11. The quantitative estimate of drug-likeness (QED) is 0.911. The van der Waals surface area contributed by atoms with Crippen molar-refractivity contribution >= 4 is 11.8 Å². The van der Waals surface area contributed by atoms with Gasteiger partial charge in [-0.25, -0.2) is 4.39 Å². The van der Waals surface area contributed by atoms with Crippen molar-refractivity contribution in [2.75, 3.05) is 19.7 Å². The lowest BCUT2D eigenvalue weighted by Gasteiger charge is -2.32. The van der Waals surface area contributed by atoms with Crippen LogP contribution in [-0.2, 0) is 9.59 Å². The van der Waals surface area contributed by atoms with E-state index in [1.54, 1.807) is 11.0 Å². The molecule has 0 radical (unpaired) electrons. The number of nitrogens with one attached hydrogen (secondary N) is 1. The number of benzene rings is 1. The molecular formula is C15H19FN2O3. The number of halogens is 1. The molecule has 0 unspecified atom stereocenters. The molecule has 1 aromatic carbocycles. The molecule has 6 heteroatoms. The Morgan fingerprint density at radius 1 is 1.38 bits per heavy atom. The number of ether oxygens (including phenoxy) is 1. The Kier molecular flexibility index (Phi) is 5.14. The van der Waals surface area contributed by atoms with Gasteiger partial charge in [-0.1, -0.05) is 6.07 Å². The maximum Gasteiger partial charge on any atom is 0.260 e. The van der Waals surface area contributed by atoms with Crippen LogP contribution in [0.25, 0.3) is 0 Å². The molecule has 0 bridgehead atoms. The topological polar surface area (TPSA) is 58.6 Å². The van der Waals surface area contributed by atoms with Crippen molar-refractivity contribution in [1.29, 1.82) is 0 Å². The predicted octanol–water partition coefficient (Wildman–Crippen LogP) is 1.33. The Morgan fingerprint density at radius 3 is 2.71 bits per heavy atom.